The number of nitrogens with one attached hydrogen (secondary N) is 1. The van der Waals surface area contributed by atoms with Crippen molar-refractivity contribution >= 4 is 11.6 Å². The minimum atomic E-state index is 0.259. The molecule has 1 aliphatic rings. The molecule has 0 bridgehead atoms. The highest BCUT2D eigenvalue weighted by atomic mass is 16.5. The number of ether oxygens (including phenoxy) is 1. The van der Waals surface area contributed by atoms with Gasteiger partial charge in [0, 0.05) is 32.4 Å². The quantitative estimate of drug-likeness (QED) is 0.455. The Morgan fingerprint density at radius 3 is 2.95 bits per heavy atom. The summed E-state index contributed by atoms with van der Waals surface area (Å²) in [7, 11) is 2.10. The van der Waals surface area contributed by atoms with Crippen LogP contribution in [0.15, 0.2) is 35.3 Å². The summed E-state index contributed by atoms with van der Waals surface area (Å²) in [4.78, 5) is 6.56. The van der Waals surface area contributed by atoms with Crippen molar-refractivity contribution in [2.24, 2.45) is 10.7 Å². The second-order valence-electron chi connectivity index (χ2n) is 5.40. The normalized spacial score (nSPS) is 18.7. The lowest BCUT2D eigenvalue weighted by atomic mass is 10.2. The molecule has 1 aromatic carbocycles. The Balaban J connectivity index is 1.59. The van der Waals surface area contributed by atoms with Crippen LogP contribution in [-0.4, -0.2) is 45.4 Å². The second kappa shape index (κ2) is 8.52. The smallest absolute Gasteiger partial charge is 0.188 e. The van der Waals surface area contributed by atoms with Gasteiger partial charge >= 0.3 is 0 Å². The van der Waals surface area contributed by atoms with Crippen molar-refractivity contribution in [1.29, 1.82) is 0 Å². The predicted molar refractivity (Wildman–Crippen MR) is 87.8 cm³/mol. The zero-order valence-corrected chi connectivity index (χ0v) is 12.8. The van der Waals surface area contributed by atoms with E-state index in [9.17, 15) is 0 Å². The summed E-state index contributed by atoms with van der Waals surface area (Å²) in [5.74, 6) is 0.521. The molecule has 21 heavy (non-hydrogen) atoms. The number of para-hydroxylation sites is 1. The van der Waals surface area contributed by atoms with Crippen LogP contribution in [0.4, 0.5) is 5.69 Å². The molecule has 0 amide bonds. The monoisotopic (exact) mass is 290 g/mol. The Morgan fingerprint density at radius 2 is 2.24 bits per heavy atom. The molecular formula is C16H26N4O. The third-order valence-corrected chi connectivity index (χ3v) is 3.66. The fraction of sp³-hybridized carbons (Fsp3) is 0.562. The van der Waals surface area contributed by atoms with E-state index in [2.05, 4.69) is 46.5 Å². The first-order chi connectivity index (χ1) is 10.3. The van der Waals surface area contributed by atoms with Crippen LogP contribution in [0, 0.1) is 0 Å². The molecular weight excluding hydrogens is 264 g/mol. The van der Waals surface area contributed by atoms with Gasteiger partial charge in [-0.2, -0.15) is 0 Å². The molecule has 0 saturated carbocycles. The lowest BCUT2D eigenvalue weighted by Gasteiger charge is -2.19. The fourth-order valence-electron chi connectivity index (χ4n) is 2.39. The van der Waals surface area contributed by atoms with Crippen LogP contribution in [0.5, 0.6) is 0 Å². The highest BCUT2D eigenvalue weighted by Gasteiger charge is 2.14. The van der Waals surface area contributed by atoms with E-state index in [0.29, 0.717) is 12.5 Å². The van der Waals surface area contributed by atoms with Crippen LogP contribution < -0.4 is 16.0 Å². The third-order valence-electron chi connectivity index (χ3n) is 3.66. The third kappa shape index (κ3) is 5.63. The summed E-state index contributed by atoms with van der Waals surface area (Å²) in [5.41, 5.74) is 7.08. The summed E-state index contributed by atoms with van der Waals surface area (Å²) in [6.07, 6.45) is 3.51. The summed E-state index contributed by atoms with van der Waals surface area (Å²) < 4.78 is 5.51. The maximum atomic E-state index is 5.85. The molecule has 1 aromatic rings. The maximum Gasteiger partial charge on any atom is 0.188 e. The van der Waals surface area contributed by atoms with E-state index >= 15 is 0 Å². The first-order valence-electron chi connectivity index (χ1n) is 7.67. The van der Waals surface area contributed by atoms with Crippen LogP contribution in [0.3, 0.4) is 0 Å². The summed E-state index contributed by atoms with van der Waals surface area (Å²) in [6.45, 7) is 3.34. The van der Waals surface area contributed by atoms with Gasteiger partial charge in [-0.25, -0.2) is 0 Å². The topological polar surface area (TPSA) is 62.9 Å². The number of aliphatic imine (C=N–C) groups is 1. The van der Waals surface area contributed by atoms with Crippen molar-refractivity contribution in [3.05, 3.63) is 30.3 Å². The van der Waals surface area contributed by atoms with Gasteiger partial charge in [-0.05, 0) is 31.4 Å². The minimum absolute atomic E-state index is 0.259. The van der Waals surface area contributed by atoms with Gasteiger partial charge in [-0.1, -0.05) is 18.2 Å². The molecule has 5 nitrogen and oxygen atoms in total. The van der Waals surface area contributed by atoms with Crippen molar-refractivity contribution < 1.29 is 4.74 Å². The molecule has 1 aliphatic heterocycles. The number of guanidine groups is 1. The van der Waals surface area contributed by atoms with Crippen LogP contribution in [0.2, 0.25) is 0 Å². The average molecular weight is 290 g/mol. The lowest BCUT2D eigenvalue weighted by Crippen LogP contribution is -2.34. The van der Waals surface area contributed by atoms with Gasteiger partial charge in [0.25, 0.3) is 0 Å². The van der Waals surface area contributed by atoms with Crippen molar-refractivity contribution in [2.75, 3.05) is 38.2 Å². The van der Waals surface area contributed by atoms with Gasteiger partial charge in [0.2, 0.25) is 0 Å². The molecule has 1 unspecified atom stereocenters. The van der Waals surface area contributed by atoms with Crippen molar-refractivity contribution in [3.63, 3.8) is 0 Å². The Morgan fingerprint density at radius 1 is 1.43 bits per heavy atom. The first kappa shape index (κ1) is 15.6. The predicted octanol–water partition coefficient (Wildman–Crippen LogP) is 1.60. The molecule has 1 fully saturated rings. The first-order valence-corrected chi connectivity index (χ1v) is 7.67. The molecule has 2 rings (SSSR count). The second-order valence-corrected chi connectivity index (χ2v) is 5.40. The summed E-state index contributed by atoms with van der Waals surface area (Å²) in [5, 5.41) is 3.16. The van der Waals surface area contributed by atoms with Crippen LogP contribution in [-0.2, 0) is 4.74 Å². The number of hydrogen-bond acceptors (Lipinski definition) is 3. The van der Waals surface area contributed by atoms with Gasteiger partial charge in [0.15, 0.2) is 5.96 Å². The Kier molecular flexibility index (Phi) is 6.34. The zero-order chi connectivity index (χ0) is 14.9. The SMILES string of the molecule is CN(CCCNC(N)=NCC1CCCO1)c1ccccc1. The van der Waals surface area contributed by atoms with Gasteiger partial charge in [0.1, 0.15) is 0 Å². The van der Waals surface area contributed by atoms with Gasteiger partial charge in [0.05, 0.1) is 12.6 Å². The number of nitrogens with zero attached hydrogens (tertiary/aromatic N) is 2. The maximum absolute atomic E-state index is 5.85. The van der Waals surface area contributed by atoms with E-state index < -0.39 is 0 Å². The summed E-state index contributed by atoms with van der Waals surface area (Å²) >= 11 is 0. The van der Waals surface area contributed by atoms with E-state index in [0.717, 1.165) is 39.0 Å². The highest BCUT2D eigenvalue weighted by Crippen LogP contribution is 2.12. The molecule has 5 heteroatoms. The Labute approximate surface area is 127 Å². The average Bonchev–Trinajstić information content (AvgIpc) is 3.03. The number of benzene rings is 1. The highest BCUT2D eigenvalue weighted by molar-refractivity contribution is 5.77. The Bertz CT molecular complexity index is 429. The van der Waals surface area contributed by atoms with Crippen LogP contribution in [0.1, 0.15) is 19.3 Å². The van der Waals surface area contributed by atoms with Crippen LogP contribution in [0.25, 0.3) is 0 Å². The number of hydrogen-bond donors (Lipinski definition) is 2. The van der Waals surface area contributed by atoms with Crippen molar-refractivity contribution in [2.45, 2.75) is 25.4 Å². The fourth-order valence-corrected chi connectivity index (χ4v) is 2.39. The molecule has 0 aliphatic carbocycles. The standard InChI is InChI=1S/C16H26N4O/c1-20(14-7-3-2-4-8-14)11-6-10-18-16(17)19-13-15-9-5-12-21-15/h2-4,7-8,15H,5-6,9-13H2,1H3,(H3,17,18,19). The molecule has 0 radical (unpaired) electrons. The lowest BCUT2D eigenvalue weighted by molar-refractivity contribution is 0.118. The molecule has 116 valence electrons. The zero-order valence-electron chi connectivity index (χ0n) is 12.8. The van der Waals surface area contributed by atoms with Crippen molar-refractivity contribution in [1.82, 2.24) is 5.32 Å². The van der Waals surface area contributed by atoms with Crippen molar-refractivity contribution in [3.8, 4) is 0 Å². The van der Waals surface area contributed by atoms with Crippen LogP contribution >= 0.6 is 0 Å². The molecule has 0 spiro atoms. The number of rotatable bonds is 7. The summed E-state index contributed by atoms with van der Waals surface area (Å²) in [6, 6.07) is 10.4. The molecule has 1 heterocycles. The van der Waals surface area contributed by atoms with E-state index in [1.54, 1.807) is 0 Å². The Hall–Kier alpha value is -1.75. The molecule has 0 aromatic heterocycles. The number of nitrogens with two attached hydrogens (primary N) is 1. The van der Waals surface area contributed by atoms with E-state index in [4.69, 9.17) is 10.5 Å². The van der Waals surface area contributed by atoms with Gasteiger partial charge in [-0.3, -0.25) is 4.99 Å². The largest absolute Gasteiger partial charge is 0.376 e. The minimum Gasteiger partial charge on any atom is -0.376 e. The number of anilines is 1. The van der Waals surface area contributed by atoms with Gasteiger partial charge < -0.3 is 20.7 Å². The van der Waals surface area contributed by atoms with E-state index in [1.807, 2.05) is 6.07 Å². The van der Waals surface area contributed by atoms with E-state index in [-0.39, 0.29) is 6.10 Å². The molecule has 1 saturated heterocycles. The van der Waals surface area contributed by atoms with E-state index in [1.165, 1.54) is 5.69 Å². The molecule has 3 N–H and O–H groups in total. The van der Waals surface area contributed by atoms with Gasteiger partial charge in [-0.15, -0.1) is 0 Å². The molecule has 1 atom stereocenters.